The van der Waals surface area contributed by atoms with E-state index in [4.69, 9.17) is 4.42 Å². The zero-order valence-electron chi connectivity index (χ0n) is 16.0. The maximum absolute atomic E-state index is 10.6. The summed E-state index contributed by atoms with van der Waals surface area (Å²) in [6.07, 6.45) is 0.915. The van der Waals surface area contributed by atoms with Gasteiger partial charge in [-0.25, -0.2) is 4.99 Å². The quantitative estimate of drug-likeness (QED) is 0.329. The number of halogens is 1. The molecule has 5 nitrogen and oxygen atoms in total. The van der Waals surface area contributed by atoms with Crippen molar-refractivity contribution in [3.8, 4) is 0 Å². The SMILES string of the molecule is CCNC(=NCC(C)(O)c1ccc(C)o1)NCCc1ccc(C)cc1.I. The fraction of sp³-hybridized carbons (Fsp3) is 0.450. The summed E-state index contributed by atoms with van der Waals surface area (Å²) in [5.74, 6) is 2.00. The molecule has 1 aromatic heterocycles. The lowest BCUT2D eigenvalue weighted by Crippen LogP contribution is -2.39. The minimum Gasteiger partial charge on any atom is -0.463 e. The number of nitrogens with zero attached hydrogens (tertiary/aromatic N) is 1. The molecule has 0 saturated heterocycles. The molecule has 0 spiro atoms. The van der Waals surface area contributed by atoms with Crippen LogP contribution in [-0.2, 0) is 12.0 Å². The van der Waals surface area contributed by atoms with E-state index < -0.39 is 5.60 Å². The highest BCUT2D eigenvalue weighted by atomic mass is 127. The fourth-order valence-corrected chi connectivity index (χ4v) is 2.46. The number of guanidine groups is 1. The lowest BCUT2D eigenvalue weighted by atomic mass is 10.0. The molecule has 0 aliphatic rings. The van der Waals surface area contributed by atoms with Crippen molar-refractivity contribution >= 4 is 29.9 Å². The van der Waals surface area contributed by atoms with Gasteiger partial charge < -0.3 is 20.2 Å². The first kappa shape index (κ1) is 22.5. The van der Waals surface area contributed by atoms with Crippen LogP contribution < -0.4 is 10.6 Å². The summed E-state index contributed by atoms with van der Waals surface area (Å²) in [6, 6.07) is 12.2. The van der Waals surface area contributed by atoms with Crippen molar-refractivity contribution in [3.63, 3.8) is 0 Å². The van der Waals surface area contributed by atoms with Gasteiger partial charge in [0.15, 0.2) is 5.96 Å². The van der Waals surface area contributed by atoms with Crippen LogP contribution in [0.3, 0.4) is 0 Å². The number of aliphatic hydroxyl groups is 1. The largest absolute Gasteiger partial charge is 0.463 e. The third-order valence-electron chi connectivity index (χ3n) is 3.99. The van der Waals surface area contributed by atoms with E-state index in [-0.39, 0.29) is 30.5 Å². The van der Waals surface area contributed by atoms with Crippen LogP contribution >= 0.6 is 24.0 Å². The maximum atomic E-state index is 10.6. The molecule has 1 heterocycles. The number of rotatable bonds is 7. The third-order valence-corrected chi connectivity index (χ3v) is 3.99. The molecule has 1 unspecified atom stereocenters. The van der Waals surface area contributed by atoms with Gasteiger partial charge in [-0.1, -0.05) is 29.8 Å². The Bertz CT molecular complexity index is 693. The Labute approximate surface area is 173 Å². The van der Waals surface area contributed by atoms with E-state index in [1.807, 2.05) is 19.9 Å². The second-order valence-corrected chi connectivity index (χ2v) is 6.54. The van der Waals surface area contributed by atoms with Crippen LogP contribution in [0.15, 0.2) is 45.8 Å². The zero-order valence-corrected chi connectivity index (χ0v) is 18.3. The Morgan fingerprint density at radius 3 is 2.38 bits per heavy atom. The molecule has 0 saturated carbocycles. The van der Waals surface area contributed by atoms with Gasteiger partial charge in [0, 0.05) is 13.1 Å². The highest BCUT2D eigenvalue weighted by molar-refractivity contribution is 14.0. The van der Waals surface area contributed by atoms with Gasteiger partial charge in [-0.3, -0.25) is 0 Å². The predicted molar refractivity (Wildman–Crippen MR) is 117 cm³/mol. The maximum Gasteiger partial charge on any atom is 0.191 e. The molecule has 0 radical (unpaired) electrons. The molecular formula is C20H30IN3O2. The van der Waals surface area contributed by atoms with Crippen LogP contribution in [0.1, 0.15) is 36.5 Å². The molecule has 26 heavy (non-hydrogen) atoms. The Hall–Kier alpha value is -1.54. The molecule has 0 bridgehead atoms. The number of aryl methyl sites for hydroxylation is 2. The van der Waals surface area contributed by atoms with Gasteiger partial charge in [-0.2, -0.15) is 0 Å². The van der Waals surface area contributed by atoms with E-state index in [2.05, 4.69) is 46.8 Å². The first-order valence-electron chi connectivity index (χ1n) is 8.78. The number of aliphatic imine (C=N–C) groups is 1. The van der Waals surface area contributed by atoms with Gasteiger partial charge in [0.25, 0.3) is 0 Å². The Morgan fingerprint density at radius 1 is 1.12 bits per heavy atom. The first-order valence-corrected chi connectivity index (χ1v) is 8.78. The van der Waals surface area contributed by atoms with Crippen molar-refractivity contribution < 1.29 is 9.52 Å². The standard InChI is InChI=1S/C20H29N3O2.HI/c1-5-21-19(22-13-12-17-9-6-15(2)7-10-17)23-14-20(4,24)18-11-8-16(3)25-18;/h6-11,24H,5,12-14H2,1-4H3,(H2,21,22,23);1H. The highest BCUT2D eigenvalue weighted by Crippen LogP contribution is 2.22. The lowest BCUT2D eigenvalue weighted by Gasteiger charge is -2.19. The zero-order chi connectivity index (χ0) is 18.3. The topological polar surface area (TPSA) is 69.8 Å². The smallest absolute Gasteiger partial charge is 0.191 e. The molecule has 144 valence electrons. The van der Waals surface area contributed by atoms with Gasteiger partial charge in [0.1, 0.15) is 17.1 Å². The Morgan fingerprint density at radius 2 is 1.81 bits per heavy atom. The molecule has 1 aromatic carbocycles. The van der Waals surface area contributed by atoms with Crippen LogP contribution in [0.2, 0.25) is 0 Å². The predicted octanol–water partition coefficient (Wildman–Crippen LogP) is 3.52. The van der Waals surface area contributed by atoms with Gasteiger partial charge in [0.2, 0.25) is 0 Å². The highest BCUT2D eigenvalue weighted by Gasteiger charge is 2.26. The van der Waals surface area contributed by atoms with E-state index >= 15 is 0 Å². The molecule has 0 amide bonds. The van der Waals surface area contributed by atoms with Crippen LogP contribution in [0, 0.1) is 13.8 Å². The molecule has 0 aliphatic heterocycles. The van der Waals surface area contributed by atoms with E-state index in [0.29, 0.717) is 11.7 Å². The number of benzene rings is 1. The van der Waals surface area contributed by atoms with Crippen molar-refractivity contribution in [2.45, 2.75) is 39.7 Å². The summed E-state index contributed by atoms with van der Waals surface area (Å²) in [5.41, 5.74) is 1.42. The fourth-order valence-electron chi connectivity index (χ4n) is 2.46. The van der Waals surface area contributed by atoms with Crippen LogP contribution in [0.4, 0.5) is 0 Å². The molecular weight excluding hydrogens is 441 g/mol. The molecule has 0 fully saturated rings. The summed E-state index contributed by atoms with van der Waals surface area (Å²) >= 11 is 0. The molecule has 2 rings (SSSR count). The summed E-state index contributed by atoms with van der Waals surface area (Å²) in [6.45, 7) is 9.44. The van der Waals surface area contributed by atoms with Crippen molar-refractivity contribution in [2.75, 3.05) is 19.6 Å². The van der Waals surface area contributed by atoms with E-state index in [1.165, 1.54) is 11.1 Å². The number of furan rings is 1. The van der Waals surface area contributed by atoms with Crippen LogP contribution in [0.5, 0.6) is 0 Å². The van der Waals surface area contributed by atoms with Gasteiger partial charge in [-0.15, -0.1) is 24.0 Å². The lowest BCUT2D eigenvalue weighted by molar-refractivity contribution is 0.0428. The van der Waals surface area contributed by atoms with Crippen molar-refractivity contribution in [1.29, 1.82) is 0 Å². The number of hydrogen-bond donors (Lipinski definition) is 3. The molecule has 2 aromatic rings. The Balaban J connectivity index is 0.00000338. The molecule has 6 heteroatoms. The van der Waals surface area contributed by atoms with Gasteiger partial charge in [-0.05, 0) is 51.8 Å². The van der Waals surface area contributed by atoms with E-state index in [0.717, 1.165) is 25.3 Å². The minimum atomic E-state index is -1.13. The monoisotopic (exact) mass is 471 g/mol. The van der Waals surface area contributed by atoms with Crippen molar-refractivity contribution in [2.24, 2.45) is 4.99 Å². The van der Waals surface area contributed by atoms with Gasteiger partial charge in [0.05, 0.1) is 6.54 Å². The first-order chi connectivity index (χ1) is 11.9. The summed E-state index contributed by atoms with van der Waals surface area (Å²) in [7, 11) is 0. The van der Waals surface area contributed by atoms with Gasteiger partial charge >= 0.3 is 0 Å². The van der Waals surface area contributed by atoms with E-state index in [9.17, 15) is 5.11 Å². The van der Waals surface area contributed by atoms with E-state index in [1.54, 1.807) is 13.0 Å². The average molecular weight is 471 g/mol. The molecule has 3 N–H and O–H groups in total. The summed E-state index contributed by atoms with van der Waals surface area (Å²) in [5, 5.41) is 17.1. The summed E-state index contributed by atoms with van der Waals surface area (Å²) in [4.78, 5) is 4.50. The summed E-state index contributed by atoms with van der Waals surface area (Å²) < 4.78 is 5.53. The number of nitrogens with one attached hydrogen (secondary N) is 2. The number of hydrogen-bond acceptors (Lipinski definition) is 3. The average Bonchev–Trinajstić information content (AvgIpc) is 3.02. The normalized spacial score (nSPS) is 13.7. The second kappa shape index (κ2) is 10.6. The van der Waals surface area contributed by atoms with Crippen LogP contribution in [0.25, 0.3) is 0 Å². The molecule has 1 atom stereocenters. The minimum absolute atomic E-state index is 0. The second-order valence-electron chi connectivity index (χ2n) is 6.54. The van der Waals surface area contributed by atoms with Crippen molar-refractivity contribution in [3.05, 3.63) is 59.0 Å². The third kappa shape index (κ3) is 6.99. The van der Waals surface area contributed by atoms with Crippen molar-refractivity contribution in [1.82, 2.24) is 10.6 Å². The molecule has 0 aliphatic carbocycles. The Kier molecular flexibility index (Phi) is 9.15. The van der Waals surface area contributed by atoms with Crippen LogP contribution in [-0.4, -0.2) is 30.7 Å².